The number of hydrogen-bond acceptors (Lipinski definition) is 5. The monoisotopic (exact) mass is 446 g/mol. The minimum absolute atomic E-state index is 0.124. The standard InChI is InChI=1S/C23H30N2O5S/c1-5-21(18-7-9-22(29-4)17(3)14-18)24-23(26)20-15-19(8-6-16(20)2)31(27,28)25-10-12-30-13-11-25/h6-9,14-15,21H,5,10-13H2,1-4H3,(H,24,26)/t21-/m0/s1. The van der Waals surface area contributed by atoms with E-state index in [1.807, 2.05) is 32.0 Å². The molecule has 0 aromatic heterocycles. The molecule has 0 aliphatic carbocycles. The molecule has 0 bridgehead atoms. The van der Waals surface area contributed by atoms with Gasteiger partial charge in [0.15, 0.2) is 0 Å². The van der Waals surface area contributed by atoms with E-state index >= 15 is 0 Å². The van der Waals surface area contributed by atoms with Crippen LogP contribution in [0.3, 0.4) is 0 Å². The van der Waals surface area contributed by atoms with E-state index in [4.69, 9.17) is 9.47 Å². The maximum atomic E-state index is 13.1. The van der Waals surface area contributed by atoms with Gasteiger partial charge in [0.05, 0.1) is 31.3 Å². The van der Waals surface area contributed by atoms with Crippen molar-refractivity contribution in [3.8, 4) is 5.75 Å². The van der Waals surface area contributed by atoms with E-state index in [2.05, 4.69) is 5.32 Å². The van der Waals surface area contributed by atoms with Gasteiger partial charge >= 0.3 is 0 Å². The van der Waals surface area contributed by atoms with Crippen molar-refractivity contribution in [3.05, 3.63) is 58.7 Å². The molecule has 0 saturated carbocycles. The first kappa shape index (κ1) is 23.2. The fourth-order valence-corrected chi connectivity index (χ4v) is 5.15. The second-order valence-electron chi connectivity index (χ2n) is 7.66. The third-order valence-electron chi connectivity index (χ3n) is 5.60. The van der Waals surface area contributed by atoms with Crippen LogP contribution in [0.25, 0.3) is 0 Å². The molecule has 0 radical (unpaired) electrons. The summed E-state index contributed by atoms with van der Waals surface area (Å²) in [7, 11) is -2.05. The summed E-state index contributed by atoms with van der Waals surface area (Å²) in [4.78, 5) is 13.2. The molecule has 1 aliphatic heterocycles. The van der Waals surface area contributed by atoms with Crippen LogP contribution in [-0.2, 0) is 14.8 Å². The van der Waals surface area contributed by atoms with Gasteiger partial charge in [0, 0.05) is 18.7 Å². The normalized spacial score (nSPS) is 16.0. The van der Waals surface area contributed by atoms with Crippen LogP contribution in [0.1, 0.15) is 46.4 Å². The van der Waals surface area contributed by atoms with Gasteiger partial charge in [-0.25, -0.2) is 8.42 Å². The smallest absolute Gasteiger partial charge is 0.252 e. The maximum absolute atomic E-state index is 13.1. The molecule has 3 rings (SSSR count). The zero-order chi connectivity index (χ0) is 22.6. The molecule has 2 aromatic carbocycles. The number of ether oxygens (including phenoxy) is 2. The molecule has 1 aliphatic rings. The Morgan fingerprint density at radius 3 is 2.45 bits per heavy atom. The lowest BCUT2D eigenvalue weighted by Crippen LogP contribution is -2.40. The summed E-state index contributed by atoms with van der Waals surface area (Å²) < 4.78 is 38.0. The topological polar surface area (TPSA) is 84.9 Å². The Hall–Kier alpha value is -2.42. The summed E-state index contributed by atoms with van der Waals surface area (Å²) >= 11 is 0. The summed E-state index contributed by atoms with van der Waals surface area (Å²) in [6, 6.07) is 10.3. The maximum Gasteiger partial charge on any atom is 0.252 e. The summed E-state index contributed by atoms with van der Waals surface area (Å²) in [5, 5.41) is 3.05. The SMILES string of the molecule is CC[C@H](NC(=O)c1cc(S(=O)(=O)N2CCOCC2)ccc1C)c1ccc(OC)c(C)c1. The van der Waals surface area contributed by atoms with E-state index in [0.717, 1.165) is 22.4 Å². The Kier molecular flexibility index (Phi) is 7.35. The minimum atomic E-state index is -3.67. The third kappa shape index (κ3) is 5.08. The summed E-state index contributed by atoms with van der Waals surface area (Å²) in [6.45, 7) is 7.13. The van der Waals surface area contributed by atoms with Gasteiger partial charge in [-0.1, -0.05) is 25.1 Å². The molecule has 1 heterocycles. The van der Waals surface area contributed by atoms with Crippen molar-refractivity contribution in [1.82, 2.24) is 9.62 Å². The Bertz CT molecular complexity index is 1050. The van der Waals surface area contributed by atoms with E-state index in [9.17, 15) is 13.2 Å². The molecule has 0 unspecified atom stereocenters. The molecule has 2 aromatic rings. The van der Waals surface area contributed by atoms with Crippen LogP contribution in [-0.4, -0.2) is 52.0 Å². The fraction of sp³-hybridized carbons (Fsp3) is 0.435. The number of methoxy groups -OCH3 is 1. The fourth-order valence-electron chi connectivity index (χ4n) is 3.72. The highest BCUT2D eigenvalue weighted by Gasteiger charge is 2.27. The molecule has 1 amide bonds. The quantitative estimate of drug-likeness (QED) is 0.706. The van der Waals surface area contributed by atoms with Crippen LogP contribution >= 0.6 is 0 Å². The van der Waals surface area contributed by atoms with Gasteiger partial charge in [0.1, 0.15) is 5.75 Å². The molecular weight excluding hydrogens is 416 g/mol. The minimum Gasteiger partial charge on any atom is -0.496 e. The first-order chi connectivity index (χ1) is 14.8. The van der Waals surface area contributed by atoms with Crippen molar-refractivity contribution in [2.75, 3.05) is 33.4 Å². The molecule has 1 N–H and O–H groups in total. The van der Waals surface area contributed by atoms with E-state index in [-0.39, 0.29) is 16.8 Å². The van der Waals surface area contributed by atoms with E-state index < -0.39 is 10.0 Å². The molecule has 8 heteroatoms. The van der Waals surface area contributed by atoms with Crippen LogP contribution in [0.15, 0.2) is 41.3 Å². The Labute approximate surface area is 184 Å². The second-order valence-corrected chi connectivity index (χ2v) is 9.59. The number of hydrogen-bond donors (Lipinski definition) is 1. The number of carbonyl (C=O) groups excluding carboxylic acids is 1. The van der Waals surface area contributed by atoms with Gasteiger partial charge in [-0.3, -0.25) is 4.79 Å². The predicted molar refractivity (Wildman–Crippen MR) is 119 cm³/mol. The average Bonchev–Trinajstić information content (AvgIpc) is 2.78. The number of amides is 1. The lowest BCUT2D eigenvalue weighted by Gasteiger charge is -2.26. The Balaban J connectivity index is 1.85. The zero-order valence-corrected chi connectivity index (χ0v) is 19.3. The van der Waals surface area contributed by atoms with Gasteiger partial charge < -0.3 is 14.8 Å². The van der Waals surface area contributed by atoms with Crippen LogP contribution in [0, 0.1) is 13.8 Å². The van der Waals surface area contributed by atoms with Crippen molar-refractivity contribution < 1.29 is 22.7 Å². The summed E-state index contributed by atoms with van der Waals surface area (Å²) in [5.74, 6) is 0.499. The number of rotatable bonds is 7. The van der Waals surface area contributed by atoms with Crippen LogP contribution in [0.4, 0.5) is 0 Å². The van der Waals surface area contributed by atoms with Crippen molar-refractivity contribution in [2.45, 2.75) is 38.1 Å². The average molecular weight is 447 g/mol. The Morgan fingerprint density at radius 2 is 1.84 bits per heavy atom. The molecule has 7 nitrogen and oxygen atoms in total. The van der Waals surface area contributed by atoms with Gasteiger partial charge in [0.25, 0.3) is 5.91 Å². The number of sulfonamides is 1. The molecular formula is C23H30N2O5S. The molecule has 1 fully saturated rings. The summed E-state index contributed by atoms with van der Waals surface area (Å²) in [5.41, 5.74) is 3.04. The van der Waals surface area contributed by atoms with Crippen LogP contribution < -0.4 is 10.1 Å². The zero-order valence-electron chi connectivity index (χ0n) is 18.5. The van der Waals surface area contributed by atoms with Crippen molar-refractivity contribution >= 4 is 15.9 Å². The lowest BCUT2D eigenvalue weighted by molar-refractivity contribution is 0.0730. The highest BCUT2D eigenvalue weighted by Crippen LogP contribution is 2.26. The molecule has 1 saturated heterocycles. The highest BCUT2D eigenvalue weighted by molar-refractivity contribution is 7.89. The van der Waals surface area contributed by atoms with Crippen molar-refractivity contribution in [1.29, 1.82) is 0 Å². The number of carbonyl (C=O) groups is 1. The third-order valence-corrected chi connectivity index (χ3v) is 7.49. The first-order valence-electron chi connectivity index (χ1n) is 10.4. The summed E-state index contributed by atoms with van der Waals surface area (Å²) in [6.07, 6.45) is 0.697. The van der Waals surface area contributed by atoms with Crippen LogP contribution in [0.5, 0.6) is 5.75 Å². The number of aryl methyl sites for hydroxylation is 2. The number of nitrogens with zero attached hydrogens (tertiary/aromatic N) is 1. The Morgan fingerprint density at radius 1 is 1.13 bits per heavy atom. The molecule has 31 heavy (non-hydrogen) atoms. The molecule has 168 valence electrons. The van der Waals surface area contributed by atoms with Gasteiger partial charge in [-0.15, -0.1) is 0 Å². The second kappa shape index (κ2) is 9.80. The highest BCUT2D eigenvalue weighted by atomic mass is 32.2. The van der Waals surface area contributed by atoms with Gasteiger partial charge in [-0.2, -0.15) is 4.31 Å². The van der Waals surface area contributed by atoms with Crippen LogP contribution in [0.2, 0.25) is 0 Å². The number of nitrogens with one attached hydrogen (secondary N) is 1. The van der Waals surface area contributed by atoms with Crippen molar-refractivity contribution in [3.63, 3.8) is 0 Å². The number of morpholine rings is 1. The largest absolute Gasteiger partial charge is 0.496 e. The molecule has 0 spiro atoms. The van der Waals surface area contributed by atoms with Crippen molar-refractivity contribution in [2.24, 2.45) is 0 Å². The molecule has 1 atom stereocenters. The van der Waals surface area contributed by atoms with Gasteiger partial charge in [0.2, 0.25) is 10.0 Å². The van der Waals surface area contributed by atoms with E-state index in [0.29, 0.717) is 38.3 Å². The number of benzene rings is 2. The van der Waals surface area contributed by atoms with E-state index in [1.165, 1.54) is 10.4 Å². The lowest BCUT2D eigenvalue weighted by atomic mass is 10.0. The first-order valence-corrected chi connectivity index (χ1v) is 11.9. The van der Waals surface area contributed by atoms with E-state index in [1.54, 1.807) is 26.2 Å². The predicted octanol–water partition coefficient (Wildman–Crippen LogP) is 3.21. The van der Waals surface area contributed by atoms with Gasteiger partial charge in [-0.05, 0) is 55.2 Å².